The molecule has 0 bridgehead atoms. The first-order chi connectivity index (χ1) is 13.8. The van der Waals surface area contributed by atoms with E-state index in [1.807, 2.05) is 51.1 Å². The number of carbonyl (C=O) groups excluding carboxylic acids is 1. The summed E-state index contributed by atoms with van der Waals surface area (Å²) >= 11 is 0. The van der Waals surface area contributed by atoms with Crippen molar-refractivity contribution in [3.05, 3.63) is 41.5 Å². The van der Waals surface area contributed by atoms with E-state index < -0.39 is 11.8 Å². The Hall–Kier alpha value is -2.31. The Bertz CT molecular complexity index is 795. The van der Waals surface area contributed by atoms with Crippen molar-refractivity contribution in [1.82, 2.24) is 0 Å². The Morgan fingerprint density at radius 1 is 1.10 bits per heavy atom. The molecule has 0 aliphatic carbocycles. The molecule has 6 heteroatoms. The molecule has 6 nitrogen and oxygen atoms in total. The fraction of sp³-hybridized carbons (Fsp3) is 0.522. The van der Waals surface area contributed by atoms with E-state index in [-0.39, 0.29) is 18.3 Å². The van der Waals surface area contributed by atoms with Crippen molar-refractivity contribution < 1.29 is 28.5 Å². The molecule has 158 valence electrons. The van der Waals surface area contributed by atoms with Crippen LogP contribution in [0.15, 0.2) is 30.4 Å². The van der Waals surface area contributed by atoms with Crippen molar-refractivity contribution in [2.24, 2.45) is 0 Å². The van der Waals surface area contributed by atoms with Gasteiger partial charge in [-0.2, -0.15) is 0 Å². The molecule has 0 amide bonds. The van der Waals surface area contributed by atoms with Gasteiger partial charge in [-0.1, -0.05) is 24.3 Å². The summed E-state index contributed by atoms with van der Waals surface area (Å²) < 4.78 is 28.6. The fourth-order valence-electron chi connectivity index (χ4n) is 3.65. The summed E-state index contributed by atoms with van der Waals surface area (Å²) in [7, 11) is 3.11. The maximum Gasteiger partial charge on any atom is 0.342 e. The van der Waals surface area contributed by atoms with Crippen LogP contribution in [-0.4, -0.2) is 44.3 Å². The predicted octanol–water partition coefficient (Wildman–Crippen LogP) is 4.52. The molecule has 1 saturated heterocycles. The van der Waals surface area contributed by atoms with Crippen LogP contribution < -0.4 is 9.47 Å². The number of esters is 1. The highest BCUT2D eigenvalue weighted by Crippen LogP contribution is 2.33. The molecule has 0 N–H and O–H groups in total. The number of rotatable bonds is 2. The van der Waals surface area contributed by atoms with Crippen molar-refractivity contribution in [2.45, 2.75) is 64.1 Å². The average Bonchev–Trinajstić information content (AvgIpc) is 2.97. The van der Waals surface area contributed by atoms with Crippen molar-refractivity contribution in [1.29, 1.82) is 0 Å². The highest BCUT2D eigenvalue weighted by molar-refractivity contribution is 5.97. The Morgan fingerprint density at radius 2 is 1.90 bits per heavy atom. The molecule has 0 saturated carbocycles. The molecule has 2 heterocycles. The van der Waals surface area contributed by atoms with Gasteiger partial charge < -0.3 is 23.7 Å². The monoisotopic (exact) mass is 402 g/mol. The number of methoxy groups -OCH3 is 2. The minimum atomic E-state index is -0.608. The van der Waals surface area contributed by atoms with Gasteiger partial charge in [0.1, 0.15) is 29.3 Å². The van der Waals surface area contributed by atoms with Crippen molar-refractivity contribution in [2.75, 3.05) is 14.2 Å². The first-order valence-electron chi connectivity index (χ1n) is 9.99. The van der Waals surface area contributed by atoms with Gasteiger partial charge in [0.2, 0.25) is 0 Å². The van der Waals surface area contributed by atoms with E-state index in [4.69, 9.17) is 23.7 Å². The average molecular weight is 402 g/mol. The van der Waals surface area contributed by atoms with E-state index in [2.05, 4.69) is 0 Å². The molecular formula is C23H30O6. The molecule has 2 aliphatic rings. The van der Waals surface area contributed by atoms with E-state index in [0.717, 1.165) is 12.8 Å². The lowest BCUT2D eigenvalue weighted by molar-refractivity contribution is -0.143. The van der Waals surface area contributed by atoms with Gasteiger partial charge in [-0.05, 0) is 45.2 Å². The number of hydrogen-bond acceptors (Lipinski definition) is 6. The van der Waals surface area contributed by atoms with Gasteiger partial charge >= 0.3 is 5.97 Å². The molecule has 29 heavy (non-hydrogen) atoms. The number of carbonyl (C=O) groups is 1. The summed E-state index contributed by atoms with van der Waals surface area (Å²) in [4.78, 5) is 12.9. The zero-order valence-corrected chi connectivity index (χ0v) is 17.8. The van der Waals surface area contributed by atoms with Crippen LogP contribution in [0.1, 0.15) is 56.0 Å². The molecular weight excluding hydrogens is 372 g/mol. The molecule has 3 rings (SSSR count). The van der Waals surface area contributed by atoms with Gasteiger partial charge in [-0.3, -0.25) is 0 Å². The van der Waals surface area contributed by atoms with Gasteiger partial charge in [-0.15, -0.1) is 0 Å². The minimum absolute atomic E-state index is 0.0222. The number of cyclic esters (lactones) is 1. The van der Waals surface area contributed by atoms with Gasteiger partial charge in [0.25, 0.3) is 0 Å². The summed E-state index contributed by atoms with van der Waals surface area (Å²) in [6, 6.07) is 3.51. The Morgan fingerprint density at radius 3 is 2.62 bits per heavy atom. The number of ether oxygens (including phenoxy) is 5. The van der Waals surface area contributed by atoms with Crippen molar-refractivity contribution in [3.8, 4) is 11.5 Å². The highest BCUT2D eigenvalue weighted by Gasteiger charge is 2.39. The normalized spacial score (nSPS) is 29.0. The number of hydrogen-bond donors (Lipinski definition) is 0. The van der Waals surface area contributed by atoms with Crippen LogP contribution in [0.3, 0.4) is 0 Å². The number of fused-ring (bicyclic) bond motifs is 2. The van der Waals surface area contributed by atoms with Crippen molar-refractivity contribution >= 4 is 12.0 Å². The Labute approximate surface area is 172 Å². The maximum atomic E-state index is 12.9. The maximum absolute atomic E-state index is 12.9. The smallest absolute Gasteiger partial charge is 0.342 e. The first-order valence-corrected chi connectivity index (χ1v) is 9.99. The van der Waals surface area contributed by atoms with Crippen LogP contribution in [0.5, 0.6) is 11.5 Å². The third kappa shape index (κ3) is 5.19. The molecule has 0 unspecified atom stereocenters. The van der Waals surface area contributed by atoms with Crippen LogP contribution in [0.2, 0.25) is 0 Å². The highest BCUT2D eigenvalue weighted by atomic mass is 16.7. The van der Waals surface area contributed by atoms with Crippen LogP contribution in [0, 0.1) is 0 Å². The minimum Gasteiger partial charge on any atom is -0.497 e. The zero-order chi connectivity index (χ0) is 21.0. The topological polar surface area (TPSA) is 63.2 Å². The summed E-state index contributed by atoms with van der Waals surface area (Å²) in [5, 5.41) is 0. The second-order valence-corrected chi connectivity index (χ2v) is 7.79. The van der Waals surface area contributed by atoms with Crippen LogP contribution in [0.4, 0.5) is 0 Å². The summed E-state index contributed by atoms with van der Waals surface area (Å²) in [6.07, 6.45) is 9.68. The summed E-state index contributed by atoms with van der Waals surface area (Å²) in [5.74, 6) is 0.0205. The van der Waals surface area contributed by atoms with Gasteiger partial charge in [0.05, 0.1) is 20.3 Å². The third-order valence-corrected chi connectivity index (χ3v) is 5.00. The molecule has 1 aromatic carbocycles. The fourth-order valence-corrected chi connectivity index (χ4v) is 3.65. The van der Waals surface area contributed by atoms with Gasteiger partial charge in [-0.25, -0.2) is 4.79 Å². The van der Waals surface area contributed by atoms with E-state index in [1.165, 1.54) is 7.11 Å². The van der Waals surface area contributed by atoms with Crippen LogP contribution >= 0.6 is 0 Å². The molecule has 1 fully saturated rings. The zero-order valence-electron chi connectivity index (χ0n) is 17.8. The van der Waals surface area contributed by atoms with Gasteiger partial charge in [0, 0.05) is 12.5 Å². The third-order valence-electron chi connectivity index (χ3n) is 5.00. The molecule has 0 spiro atoms. The standard InChI is InChI=1S/C23H30O6/c1-15-9-8-12-19-18(28-23(2,3)29-19)11-7-6-10-16-13-17(25-4)14-20(26-5)21(16)22(24)27-15/h6,8,10,12-15,18-19H,7,9,11H2,1-5H3/b10-6-,12-8+/t15-,18+,19-/m1/s1. The Balaban J connectivity index is 1.94. The van der Waals surface area contributed by atoms with Gasteiger partial charge in [0.15, 0.2) is 5.79 Å². The SMILES string of the molecule is COc1cc2c(c(OC)c1)C(=O)O[C@H](C)C/C=C/[C@H]1OC(C)(C)O[C@H]1CC/C=C\2. The molecule has 3 atom stereocenters. The van der Waals surface area contributed by atoms with Crippen molar-refractivity contribution in [3.63, 3.8) is 0 Å². The summed E-state index contributed by atoms with van der Waals surface area (Å²) in [6.45, 7) is 5.72. The van der Waals surface area contributed by atoms with E-state index in [9.17, 15) is 4.79 Å². The lowest BCUT2D eigenvalue weighted by atomic mass is 10.0. The second-order valence-electron chi connectivity index (χ2n) is 7.79. The predicted molar refractivity (Wildman–Crippen MR) is 110 cm³/mol. The molecule has 0 radical (unpaired) electrons. The number of benzene rings is 1. The molecule has 1 aromatic rings. The Kier molecular flexibility index (Phi) is 6.65. The van der Waals surface area contributed by atoms with E-state index >= 15 is 0 Å². The lowest BCUT2D eigenvalue weighted by Gasteiger charge is -2.17. The van der Waals surface area contributed by atoms with Crippen LogP contribution in [-0.2, 0) is 14.2 Å². The first kappa shape index (κ1) is 21.4. The molecule has 2 aliphatic heterocycles. The van der Waals surface area contributed by atoms with E-state index in [0.29, 0.717) is 29.0 Å². The van der Waals surface area contributed by atoms with Crippen LogP contribution in [0.25, 0.3) is 6.08 Å². The second kappa shape index (κ2) is 9.01. The quantitative estimate of drug-likeness (QED) is 0.535. The lowest BCUT2D eigenvalue weighted by Crippen LogP contribution is -2.21. The number of allylic oxidation sites excluding steroid dienone is 1. The summed E-state index contributed by atoms with van der Waals surface area (Å²) in [5.41, 5.74) is 1.10. The molecule has 0 aromatic heterocycles. The van der Waals surface area contributed by atoms with E-state index in [1.54, 1.807) is 13.2 Å². The largest absolute Gasteiger partial charge is 0.497 e.